The Morgan fingerprint density at radius 3 is 2.73 bits per heavy atom. The minimum absolute atomic E-state index is 0.170. The second-order valence-electron chi connectivity index (χ2n) is 5.22. The lowest BCUT2D eigenvalue weighted by Gasteiger charge is -2.09. The van der Waals surface area contributed by atoms with Crippen molar-refractivity contribution < 1.29 is 19.0 Å². The van der Waals surface area contributed by atoms with Crippen LogP contribution in [0.4, 0.5) is 0 Å². The van der Waals surface area contributed by atoms with Gasteiger partial charge in [0.1, 0.15) is 12.4 Å². The van der Waals surface area contributed by atoms with E-state index in [0.717, 1.165) is 11.1 Å². The predicted octanol–water partition coefficient (Wildman–Crippen LogP) is 2.41. The molecule has 0 radical (unpaired) electrons. The molecule has 0 aliphatic carbocycles. The van der Waals surface area contributed by atoms with Crippen LogP contribution < -0.4 is 19.6 Å². The van der Waals surface area contributed by atoms with Crippen LogP contribution in [0.25, 0.3) is 0 Å². The summed E-state index contributed by atoms with van der Waals surface area (Å²) in [5, 5.41) is 3.96. The Balaban J connectivity index is 1.92. The summed E-state index contributed by atoms with van der Waals surface area (Å²) in [5.74, 6) is 3.99. The number of amides is 1. The van der Waals surface area contributed by atoms with Crippen LogP contribution in [-0.2, 0) is 11.2 Å². The Hall–Kier alpha value is -3.46. The summed E-state index contributed by atoms with van der Waals surface area (Å²) in [4.78, 5) is 12.0. The number of hydrogen-bond donors (Lipinski definition) is 1. The lowest BCUT2D eigenvalue weighted by molar-refractivity contribution is -0.120. The lowest BCUT2D eigenvalue weighted by atomic mass is 10.1. The average molecular weight is 352 g/mol. The highest BCUT2D eigenvalue weighted by Gasteiger charge is 2.07. The molecule has 0 unspecified atom stereocenters. The standard InChI is InChI=1S/C20H20N2O4/c1-4-10-26-17-7-5-6-16(11-17)14-21-22-20(23)13-15-8-9-18(24-2)19(12-15)25-3/h1,5-9,11-12,14H,10,13H2,2-3H3,(H,22,23)/b21-14+. The van der Waals surface area contributed by atoms with Crippen LogP contribution in [0, 0.1) is 12.3 Å². The number of nitrogens with one attached hydrogen (secondary N) is 1. The zero-order chi connectivity index (χ0) is 18.8. The van der Waals surface area contributed by atoms with Crippen molar-refractivity contribution >= 4 is 12.1 Å². The Morgan fingerprint density at radius 1 is 1.19 bits per heavy atom. The number of nitrogens with zero attached hydrogens (tertiary/aromatic N) is 1. The van der Waals surface area contributed by atoms with Crippen molar-refractivity contribution in [2.75, 3.05) is 20.8 Å². The average Bonchev–Trinajstić information content (AvgIpc) is 2.66. The molecule has 1 amide bonds. The second-order valence-corrected chi connectivity index (χ2v) is 5.22. The zero-order valence-electron chi connectivity index (χ0n) is 14.7. The molecule has 0 atom stereocenters. The van der Waals surface area contributed by atoms with E-state index in [9.17, 15) is 4.79 Å². The SMILES string of the molecule is C#CCOc1cccc(/C=N/NC(=O)Cc2ccc(OC)c(OC)c2)c1. The largest absolute Gasteiger partial charge is 0.493 e. The number of carbonyl (C=O) groups is 1. The number of rotatable bonds is 8. The maximum atomic E-state index is 12.0. The molecule has 2 aromatic carbocycles. The third-order valence-electron chi connectivity index (χ3n) is 3.40. The van der Waals surface area contributed by atoms with Gasteiger partial charge in [0.05, 0.1) is 26.9 Å². The van der Waals surface area contributed by atoms with Crippen LogP contribution in [-0.4, -0.2) is 32.9 Å². The fraction of sp³-hybridized carbons (Fsp3) is 0.200. The van der Waals surface area contributed by atoms with Gasteiger partial charge in [-0.15, -0.1) is 6.42 Å². The van der Waals surface area contributed by atoms with Gasteiger partial charge in [0.2, 0.25) is 5.91 Å². The van der Waals surface area contributed by atoms with E-state index in [0.29, 0.717) is 17.2 Å². The molecule has 0 heterocycles. The Kier molecular flexibility index (Phi) is 7.07. The number of benzene rings is 2. The van der Waals surface area contributed by atoms with E-state index in [1.54, 1.807) is 44.6 Å². The fourth-order valence-electron chi connectivity index (χ4n) is 2.20. The molecule has 0 aliphatic rings. The molecule has 0 saturated heterocycles. The van der Waals surface area contributed by atoms with Gasteiger partial charge in [0.25, 0.3) is 0 Å². The van der Waals surface area contributed by atoms with Crippen LogP contribution >= 0.6 is 0 Å². The molecular weight excluding hydrogens is 332 g/mol. The van der Waals surface area contributed by atoms with Crippen LogP contribution in [0.15, 0.2) is 47.6 Å². The zero-order valence-corrected chi connectivity index (χ0v) is 14.7. The van der Waals surface area contributed by atoms with Crippen molar-refractivity contribution in [2.45, 2.75) is 6.42 Å². The van der Waals surface area contributed by atoms with Gasteiger partial charge in [-0.2, -0.15) is 5.10 Å². The summed E-state index contributed by atoms with van der Waals surface area (Å²) in [6.07, 6.45) is 6.87. The molecule has 0 aliphatic heterocycles. The third kappa shape index (κ3) is 5.56. The van der Waals surface area contributed by atoms with Crippen molar-refractivity contribution in [1.82, 2.24) is 5.43 Å². The minimum atomic E-state index is -0.242. The summed E-state index contributed by atoms with van der Waals surface area (Å²) in [7, 11) is 3.11. The molecule has 6 heteroatoms. The summed E-state index contributed by atoms with van der Waals surface area (Å²) in [6.45, 7) is 0.197. The van der Waals surface area contributed by atoms with Crippen LogP contribution in [0.3, 0.4) is 0 Å². The first-order valence-electron chi connectivity index (χ1n) is 7.85. The Bertz CT molecular complexity index is 825. The molecule has 26 heavy (non-hydrogen) atoms. The van der Waals surface area contributed by atoms with Gasteiger partial charge in [0, 0.05) is 0 Å². The molecule has 2 aromatic rings. The van der Waals surface area contributed by atoms with Crippen molar-refractivity contribution in [2.24, 2.45) is 5.10 Å². The van der Waals surface area contributed by atoms with Crippen molar-refractivity contribution in [1.29, 1.82) is 0 Å². The summed E-state index contributed by atoms with van der Waals surface area (Å²) in [6, 6.07) is 12.6. The van der Waals surface area contributed by atoms with E-state index in [-0.39, 0.29) is 18.9 Å². The highest BCUT2D eigenvalue weighted by Crippen LogP contribution is 2.27. The molecular formula is C20H20N2O4. The second kappa shape index (κ2) is 9.74. The molecule has 6 nitrogen and oxygen atoms in total. The van der Waals surface area contributed by atoms with Crippen LogP contribution in [0.5, 0.6) is 17.2 Å². The van der Waals surface area contributed by atoms with E-state index in [2.05, 4.69) is 16.4 Å². The topological polar surface area (TPSA) is 69.2 Å². The first-order valence-corrected chi connectivity index (χ1v) is 7.85. The van der Waals surface area contributed by atoms with E-state index in [1.807, 2.05) is 12.1 Å². The van der Waals surface area contributed by atoms with E-state index in [1.165, 1.54) is 6.21 Å². The first-order chi connectivity index (χ1) is 12.7. The molecule has 0 bridgehead atoms. The number of ether oxygens (including phenoxy) is 3. The molecule has 134 valence electrons. The predicted molar refractivity (Wildman–Crippen MR) is 99.8 cm³/mol. The fourth-order valence-corrected chi connectivity index (χ4v) is 2.20. The van der Waals surface area contributed by atoms with Gasteiger partial charge in [-0.3, -0.25) is 4.79 Å². The van der Waals surface area contributed by atoms with Crippen molar-refractivity contribution in [3.05, 3.63) is 53.6 Å². The van der Waals surface area contributed by atoms with Crippen molar-refractivity contribution in [3.8, 4) is 29.6 Å². The number of terminal acetylenes is 1. The molecule has 0 fully saturated rings. The Morgan fingerprint density at radius 2 is 2.00 bits per heavy atom. The molecule has 0 aromatic heterocycles. The van der Waals surface area contributed by atoms with Gasteiger partial charge >= 0.3 is 0 Å². The summed E-state index contributed by atoms with van der Waals surface area (Å²) in [5.41, 5.74) is 4.07. The lowest BCUT2D eigenvalue weighted by Crippen LogP contribution is -2.19. The van der Waals surface area contributed by atoms with E-state index >= 15 is 0 Å². The van der Waals surface area contributed by atoms with Gasteiger partial charge in [-0.25, -0.2) is 5.43 Å². The van der Waals surface area contributed by atoms with E-state index in [4.69, 9.17) is 20.6 Å². The molecule has 0 saturated carbocycles. The van der Waals surface area contributed by atoms with Crippen LogP contribution in [0.2, 0.25) is 0 Å². The molecule has 2 rings (SSSR count). The molecule has 1 N–H and O–H groups in total. The highest BCUT2D eigenvalue weighted by molar-refractivity contribution is 5.83. The van der Waals surface area contributed by atoms with Gasteiger partial charge in [-0.1, -0.05) is 24.1 Å². The summed E-state index contributed by atoms with van der Waals surface area (Å²) < 4.78 is 15.7. The number of hydrogen-bond acceptors (Lipinski definition) is 5. The number of hydrazone groups is 1. The maximum absolute atomic E-state index is 12.0. The Labute approximate surface area is 152 Å². The smallest absolute Gasteiger partial charge is 0.244 e. The van der Waals surface area contributed by atoms with Gasteiger partial charge < -0.3 is 14.2 Å². The number of methoxy groups -OCH3 is 2. The monoisotopic (exact) mass is 352 g/mol. The minimum Gasteiger partial charge on any atom is -0.493 e. The van der Waals surface area contributed by atoms with Gasteiger partial charge in [-0.05, 0) is 35.4 Å². The summed E-state index contributed by atoms with van der Waals surface area (Å²) >= 11 is 0. The highest BCUT2D eigenvalue weighted by atomic mass is 16.5. The van der Waals surface area contributed by atoms with E-state index < -0.39 is 0 Å². The normalized spacial score (nSPS) is 10.2. The van der Waals surface area contributed by atoms with Crippen molar-refractivity contribution in [3.63, 3.8) is 0 Å². The third-order valence-corrected chi connectivity index (χ3v) is 3.40. The molecule has 0 spiro atoms. The van der Waals surface area contributed by atoms with Crippen LogP contribution in [0.1, 0.15) is 11.1 Å². The maximum Gasteiger partial charge on any atom is 0.244 e. The number of carbonyl (C=O) groups excluding carboxylic acids is 1. The quantitative estimate of drug-likeness (QED) is 0.450. The van der Waals surface area contributed by atoms with Gasteiger partial charge in [0.15, 0.2) is 11.5 Å². The first kappa shape index (κ1) is 18.9.